The number of rotatable bonds is 3. The highest BCUT2D eigenvalue weighted by Crippen LogP contribution is 2.11. The van der Waals surface area contributed by atoms with E-state index in [1.54, 1.807) is 0 Å². The molecule has 6 heteroatoms. The summed E-state index contributed by atoms with van der Waals surface area (Å²) in [6, 6.07) is 0.664. The molecule has 1 aromatic rings. The number of nitrogens with zero attached hydrogens (tertiary/aromatic N) is 2. The van der Waals surface area contributed by atoms with Gasteiger partial charge in [0.2, 0.25) is 0 Å². The molecule has 0 bridgehead atoms. The average Bonchev–Trinajstić information content (AvgIpc) is 2.51. The Morgan fingerprint density at radius 1 is 1.67 bits per heavy atom. The van der Waals surface area contributed by atoms with Gasteiger partial charge in [-0.1, -0.05) is 0 Å². The van der Waals surface area contributed by atoms with Crippen LogP contribution in [0.3, 0.4) is 0 Å². The molecule has 0 saturated heterocycles. The fraction of sp³-hybridized carbons (Fsp3) is 0.500. The lowest BCUT2D eigenvalue weighted by molar-refractivity contribution is 0.0558. The first-order chi connectivity index (χ1) is 5.65. The Morgan fingerprint density at radius 2 is 2.33 bits per heavy atom. The van der Waals surface area contributed by atoms with Crippen LogP contribution in [0.2, 0.25) is 0 Å². The van der Waals surface area contributed by atoms with Gasteiger partial charge in [0.15, 0.2) is 0 Å². The van der Waals surface area contributed by atoms with Crippen LogP contribution in [0.1, 0.15) is 18.3 Å². The molecule has 4 nitrogen and oxygen atoms in total. The van der Waals surface area contributed by atoms with Gasteiger partial charge in [-0.2, -0.15) is 13.9 Å². The Morgan fingerprint density at radius 3 is 2.75 bits per heavy atom. The number of aromatic nitrogens is 2. The zero-order chi connectivity index (χ0) is 9.14. The second kappa shape index (κ2) is 3.59. The smallest absolute Gasteiger partial charge is 0.333 e. The summed E-state index contributed by atoms with van der Waals surface area (Å²) in [5.41, 5.74) is 5.60. The van der Waals surface area contributed by atoms with Crippen LogP contribution in [0.4, 0.5) is 8.78 Å². The molecule has 12 heavy (non-hydrogen) atoms. The maximum Gasteiger partial charge on any atom is 0.333 e. The maximum absolute atomic E-state index is 11.9. The number of aliphatic hydroxyl groups is 1. The Balaban J connectivity index is 2.77. The molecule has 1 heterocycles. The van der Waals surface area contributed by atoms with Crippen molar-refractivity contribution in [3.63, 3.8) is 0 Å². The molecule has 0 amide bonds. The van der Waals surface area contributed by atoms with Crippen molar-refractivity contribution in [1.82, 2.24) is 9.78 Å². The van der Waals surface area contributed by atoms with E-state index in [1.165, 1.54) is 6.07 Å². The summed E-state index contributed by atoms with van der Waals surface area (Å²) in [6.07, 6.45) is 1.12. The van der Waals surface area contributed by atoms with Gasteiger partial charge in [0, 0.05) is 6.20 Å². The lowest BCUT2D eigenvalue weighted by Gasteiger charge is -2.02. The van der Waals surface area contributed by atoms with E-state index in [0.717, 1.165) is 6.20 Å². The molecule has 0 fully saturated rings. The van der Waals surface area contributed by atoms with Crippen molar-refractivity contribution < 1.29 is 13.9 Å². The van der Waals surface area contributed by atoms with Crippen LogP contribution in [-0.4, -0.2) is 21.5 Å². The predicted molar refractivity (Wildman–Crippen MR) is 37.5 cm³/mol. The fourth-order valence-electron chi connectivity index (χ4n) is 0.753. The maximum atomic E-state index is 11.9. The summed E-state index contributed by atoms with van der Waals surface area (Å²) in [4.78, 5) is 0. The van der Waals surface area contributed by atoms with Gasteiger partial charge < -0.3 is 10.8 Å². The topological polar surface area (TPSA) is 64.1 Å². The van der Waals surface area contributed by atoms with Crippen LogP contribution in [0, 0.1) is 0 Å². The van der Waals surface area contributed by atoms with E-state index in [0.29, 0.717) is 4.68 Å². The minimum atomic E-state index is -2.66. The van der Waals surface area contributed by atoms with Gasteiger partial charge in [0.05, 0.1) is 18.3 Å². The molecular weight excluding hydrogens is 168 g/mol. The standard InChI is InChI=1S/C6H9F2N3O/c7-6(8)11-2-1-5(10-11)4(9)3-12/h1-2,4,6,12H,3,9H2. The van der Waals surface area contributed by atoms with Crippen LogP contribution >= 0.6 is 0 Å². The van der Waals surface area contributed by atoms with Gasteiger partial charge in [0.1, 0.15) is 0 Å². The minimum Gasteiger partial charge on any atom is -0.394 e. The second-order valence-corrected chi connectivity index (χ2v) is 2.29. The lowest BCUT2D eigenvalue weighted by atomic mass is 10.2. The molecule has 0 aromatic carbocycles. The van der Waals surface area contributed by atoms with E-state index >= 15 is 0 Å². The zero-order valence-electron chi connectivity index (χ0n) is 6.19. The number of alkyl halides is 2. The number of hydrogen-bond acceptors (Lipinski definition) is 3. The Hall–Kier alpha value is -1.01. The molecule has 0 spiro atoms. The van der Waals surface area contributed by atoms with Crippen molar-refractivity contribution in [2.24, 2.45) is 5.73 Å². The molecule has 1 atom stereocenters. The highest BCUT2D eigenvalue weighted by molar-refractivity contribution is 5.04. The first-order valence-corrected chi connectivity index (χ1v) is 3.34. The monoisotopic (exact) mass is 177 g/mol. The van der Waals surface area contributed by atoms with Crippen LogP contribution in [0.25, 0.3) is 0 Å². The lowest BCUT2D eigenvalue weighted by Crippen LogP contribution is -2.15. The Bertz CT molecular complexity index is 251. The van der Waals surface area contributed by atoms with Crippen LogP contribution in [-0.2, 0) is 0 Å². The summed E-state index contributed by atoms with van der Waals surface area (Å²) in [5.74, 6) is 0. The first kappa shape index (κ1) is 9.08. The fourth-order valence-corrected chi connectivity index (χ4v) is 0.753. The van der Waals surface area contributed by atoms with E-state index in [2.05, 4.69) is 5.10 Å². The molecule has 0 aliphatic heterocycles. The third-order valence-electron chi connectivity index (χ3n) is 1.41. The summed E-state index contributed by atoms with van der Waals surface area (Å²) in [6.45, 7) is -2.97. The molecule has 1 rings (SSSR count). The van der Waals surface area contributed by atoms with Gasteiger partial charge in [-0.3, -0.25) is 0 Å². The van der Waals surface area contributed by atoms with E-state index in [9.17, 15) is 8.78 Å². The van der Waals surface area contributed by atoms with Crippen molar-refractivity contribution in [2.75, 3.05) is 6.61 Å². The zero-order valence-corrected chi connectivity index (χ0v) is 6.19. The van der Waals surface area contributed by atoms with Gasteiger partial charge in [0.25, 0.3) is 0 Å². The molecule has 1 unspecified atom stereocenters. The molecule has 1 aromatic heterocycles. The van der Waals surface area contributed by atoms with Crippen LogP contribution in [0.15, 0.2) is 12.3 Å². The van der Waals surface area contributed by atoms with Gasteiger partial charge in [-0.15, -0.1) is 0 Å². The average molecular weight is 177 g/mol. The van der Waals surface area contributed by atoms with Crippen molar-refractivity contribution >= 4 is 0 Å². The van der Waals surface area contributed by atoms with Crippen LogP contribution in [0.5, 0.6) is 0 Å². The Labute approximate surface area is 67.6 Å². The molecule has 68 valence electrons. The van der Waals surface area contributed by atoms with Crippen LogP contribution < -0.4 is 5.73 Å². The first-order valence-electron chi connectivity index (χ1n) is 3.34. The third kappa shape index (κ3) is 1.77. The molecule has 0 radical (unpaired) electrons. The number of nitrogens with two attached hydrogens (primary N) is 1. The van der Waals surface area contributed by atoms with E-state index in [4.69, 9.17) is 10.8 Å². The normalized spacial score (nSPS) is 13.8. The highest BCUT2D eigenvalue weighted by atomic mass is 19.3. The summed E-state index contributed by atoms with van der Waals surface area (Å²) in [7, 11) is 0. The summed E-state index contributed by atoms with van der Waals surface area (Å²) < 4.78 is 24.4. The van der Waals surface area contributed by atoms with E-state index in [1.807, 2.05) is 0 Å². The van der Waals surface area contributed by atoms with Gasteiger partial charge >= 0.3 is 6.55 Å². The van der Waals surface area contributed by atoms with Crippen molar-refractivity contribution in [1.29, 1.82) is 0 Å². The Kier molecular flexibility index (Phi) is 2.72. The largest absolute Gasteiger partial charge is 0.394 e. The summed E-state index contributed by atoms with van der Waals surface area (Å²) >= 11 is 0. The number of aliphatic hydroxyl groups excluding tert-OH is 1. The third-order valence-corrected chi connectivity index (χ3v) is 1.41. The van der Waals surface area contributed by atoms with E-state index < -0.39 is 12.6 Å². The highest BCUT2D eigenvalue weighted by Gasteiger charge is 2.11. The molecule has 0 saturated carbocycles. The predicted octanol–water partition coefficient (Wildman–Crippen LogP) is 0.270. The number of halogens is 2. The number of hydrogen-bond donors (Lipinski definition) is 2. The molecule has 3 N–H and O–H groups in total. The second-order valence-electron chi connectivity index (χ2n) is 2.29. The molecular formula is C6H9F2N3O. The van der Waals surface area contributed by atoms with Gasteiger partial charge in [-0.05, 0) is 6.07 Å². The minimum absolute atomic E-state index is 0.262. The molecule has 0 aliphatic carbocycles. The molecule has 0 aliphatic rings. The summed E-state index contributed by atoms with van der Waals surface area (Å²) in [5, 5.41) is 12.0. The SMILES string of the molecule is NC(CO)c1ccn(C(F)F)n1. The quantitative estimate of drug-likeness (QED) is 0.696. The van der Waals surface area contributed by atoms with Gasteiger partial charge in [-0.25, -0.2) is 4.68 Å². The van der Waals surface area contributed by atoms with E-state index in [-0.39, 0.29) is 12.3 Å². The van der Waals surface area contributed by atoms with Crippen molar-refractivity contribution in [3.8, 4) is 0 Å². The van der Waals surface area contributed by atoms with Crippen molar-refractivity contribution in [3.05, 3.63) is 18.0 Å². The van der Waals surface area contributed by atoms with Crippen molar-refractivity contribution in [2.45, 2.75) is 12.6 Å².